The third kappa shape index (κ3) is 3.07. The third-order valence-corrected chi connectivity index (χ3v) is 4.49. The normalized spacial score (nSPS) is 25.4. The van der Waals surface area contributed by atoms with Gasteiger partial charge in [-0.25, -0.2) is 9.18 Å². The highest BCUT2D eigenvalue weighted by Gasteiger charge is 2.45. The van der Waals surface area contributed by atoms with Gasteiger partial charge in [0.05, 0.1) is 12.8 Å². The maximum Gasteiger partial charge on any atom is 0.352 e. The lowest BCUT2D eigenvalue weighted by Crippen LogP contribution is -2.34. The van der Waals surface area contributed by atoms with E-state index >= 15 is 0 Å². The summed E-state index contributed by atoms with van der Waals surface area (Å²) >= 11 is 0. The highest BCUT2D eigenvalue weighted by Crippen LogP contribution is 2.45. The number of para-hydroxylation sites is 1. The van der Waals surface area contributed by atoms with Crippen LogP contribution in [0.2, 0.25) is 0 Å². The molecule has 0 radical (unpaired) electrons. The number of nitrogens with two attached hydrogens (primary N) is 1. The summed E-state index contributed by atoms with van der Waals surface area (Å²) < 4.78 is 31.9. The van der Waals surface area contributed by atoms with Gasteiger partial charge < -0.3 is 35.5 Å². The summed E-state index contributed by atoms with van der Waals surface area (Å²) in [6.07, 6.45) is -4.78. The van der Waals surface area contributed by atoms with Gasteiger partial charge in [0.25, 0.3) is 0 Å². The fourth-order valence-corrected chi connectivity index (χ4v) is 3.12. The van der Waals surface area contributed by atoms with Crippen molar-refractivity contribution in [3.05, 3.63) is 34.9 Å². The van der Waals surface area contributed by atoms with Crippen LogP contribution in [0.5, 0.6) is 17.2 Å². The highest BCUT2D eigenvalue weighted by molar-refractivity contribution is 5.77. The van der Waals surface area contributed by atoms with Crippen LogP contribution < -0.4 is 26.2 Å². The fourth-order valence-electron chi connectivity index (χ4n) is 3.12. The van der Waals surface area contributed by atoms with Crippen molar-refractivity contribution in [3.8, 4) is 17.2 Å². The van der Waals surface area contributed by atoms with Crippen molar-refractivity contribution in [1.29, 1.82) is 0 Å². The minimum atomic E-state index is -1.91. The number of halogens is 1. The molecule has 4 atom stereocenters. The Morgan fingerprint density at radius 3 is 2.93 bits per heavy atom. The molecule has 28 heavy (non-hydrogen) atoms. The number of fused-ring (bicyclic) bond motifs is 2. The van der Waals surface area contributed by atoms with Gasteiger partial charge in [-0.15, -0.1) is 0 Å². The molecule has 1 fully saturated rings. The number of aliphatic hydroxyl groups excluding tert-OH is 2. The second-order valence-electron chi connectivity index (χ2n) is 6.32. The van der Waals surface area contributed by atoms with Crippen LogP contribution in [-0.4, -0.2) is 57.9 Å². The van der Waals surface area contributed by atoms with E-state index in [1.807, 2.05) is 0 Å². The maximum absolute atomic E-state index is 14.4. The van der Waals surface area contributed by atoms with Crippen LogP contribution in [0.25, 0.3) is 0 Å². The van der Waals surface area contributed by atoms with Crippen molar-refractivity contribution in [2.75, 3.05) is 25.1 Å². The molecule has 2 aromatic rings. The van der Waals surface area contributed by atoms with Gasteiger partial charge in [-0.05, 0) is 12.1 Å². The van der Waals surface area contributed by atoms with Crippen LogP contribution in [0.4, 0.5) is 15.9 Å². The molecule has 0 spiro atoms. The molecule has 0 aliphatic carbocycles. The van der Waals surface area contributed by atoms with Gasteiger partial charge in [-0.1, -0.05) is 6.07 Å². The first-order chi connectivity index (χ1) is 13.5. The van der Waals surface area contributed by atoms with Gasteiger partial charge in [-0.2, -0.15) is 4.98 Å². The van der Waals surface area contributed by atoms with E-state index in [1.165, 1.54) is 6.20 Å². The SMILES string of the molecule is NCCOc1cccc2c1Nc1nc(=O)n([C@@H]3O[C@H](CO)C(O)C3F)cc1O2. The number of ether oxygens (including phenoxy) is 3. The Bertz CT molecular complexity index is 938. The fraction of sp³-hybridized carbons (Fsp3) is 0.412. The third-order valence-electron chi connectivity index (χ3n) is 4.49. The number of hydrogen-bond acceptors (Lipinski definition) is 9. The Hall–Kier alpha value is -2.73. The van der Waals surface area contributed by atoms with E-state index in [0.29, 0.717) is 30.3 Å². The lowest BCUT2D eigenvalue weighted by Gasteiger charge is -2.24. The predicted octanol–water partition coefficient (Wildman–Crippen LogP) is 0.0188. The highest BCUT2D eigenvalue weighted by atomic mass is 19.1. The van der Waals surface area contributed by atoms with Crippen LogP contribution in [0.1, 0.15) is 6.23 Å². The van der Waals surface area contributed by atoms with Crippen molar-refractivity contribution in [1.82, 2.24) is 9.55 Å². The molecule has 1 saturated heterocycles. The Morgan fingerprint density at radius 1 is 1.39 bits per heavy atom. The van der Waals surface area contributed by atoms with Crippen molar-refractivity contribution in [3.63, 3.8) is 0 Å². The van der Waals surface area contributed by atoms with Crippen molar-refractivity contribution in [2.24, 2.45) is 5.73 Å². The van der Waals surface area contributed by atoms with Gasteiger partial charge >= 0.3 is 5.69 Å². The van der Waals surface area contributed by atoms with Crippen LogP contribution in [-0.2, 0) is 4.74 Å². The summed E-state index contributed by atoms with van der Waals surface area (Å²) in [5.41, 5.74) is 5.14. The molecule has 5 N–H and O–H groups in total. The van der Waals surface area contributed by atoms with E-state index < -0.39 is 36.9 Å². The van der Waals surface area contributed by atoms with E-state index in [1.54, 1.807) is 18.2 Å². The Morgan fingerprint density at radius 2 is 2.21 bits per heavy atom. The first kappa shape index (κ1) is 18.6. The van der Waals surface area contributed by atoms with E-state index in [2.05, 4.69) is 10.3 Å². The average Bonchev–Trinajstić information content (AvgIpc) is 2.98. The first-order valence-corrected chi connectivity index (χ1v) is 8.66. The second kappa shape index (κ2) is 7.36. The number of nitrogens with one attached hydrogen (secondary N) is 1. The summed E-state index contributed by atoms with van der Waals surface area (Å²) in [7, 11) is 0. The molecule has 11 heteroatoms. The van der Waals surface area contributed by atoms with Crippen molar-refractivity contribution in [2.45, 2.75) is 24.6 Å². The zero-order valence-corrected chi connectivity index (χ0v) is 14.6. The molecule has 10 nitrogen and oxygen atoms in total. The van der Waals surface area contributed by atoms with Crippen LogP contribution >= 0.6 is 0 Å². The molecular weight excluding hydrogens is 375 g/mol. The number of aromatic nitrogens is 2. The lowest BCUT2D eigenvalue weighted by molar-refractivity contribution is -0.0492. The smallest absolute Gasteiger partial charge is 0.352 e. The number of nitrogens with zero attached hydrogens (tertiary/aromatic N) is 2. The summed E-state index contributed by atoms with van der Waals surface area (Å²) in [6, 6.07) is 5.12. The number of rotatable bonds is 5. The molecule has 2 aliphatic rings. The van der Waals surface area contributed by atoms with Crippen LogP contribution in [0.15, 0.2) is 29.2 Å². The van der Waals surface area contributed by atoms with E-state index in [0.717, 1.165) is 4.57 Å². The zero-order chi connectivity index (χ0) is 19.8. The van der Waals surface area contributed by atoms with Crippen molar-refractivity contribution >= 4 is 11.5 Å². The average molecular weight is 394 g/mol. The molecule has 0 bridgehead atoms. The van der Waals surface area contributed by atoms with Gasteiger partial charge in [-0.3, -0.25) is 4.57 Å². The Balaban J connectivity index is 1.67. The monoisotopic (exact) mass is 394 g/mol. The lowest BCUT2D eigenvalue weighted by atomic mass is 10.1. The molecule has 2 aliphatic heterocycles. The maximum atomic E-state index is 14.4. The van der Waals surface area contributed by atoms with Crippen LogP contribution in [0.3, 0.4) is 0 Å². The topological polar surface area (TPSA) is 141 Å². The van der Waals surface area contributed by atoms with E-state index in [4.69, 9.17) is 25.1 Å². The van der Waals surface area contributed by atoms with Crippen LogP contribution in [0, 0.1) is 0 Å². The molecule has 150 valence electrons. The number of benzene rings is 1. The number of alkyl halides is 1. The van der Waals surface area contributed by atoms with Gasteiger partial charge in [0.2, 0.25) is 0 Å². The second-order valence-corrected chi connectivity index (χ2v) is 6.32. The van der Waals surface area contributed by atoms with Gasteiger partial charge in [0.15, 0.2) is 29.7 Å². The van der Waals surface area contributed by atoms with Gasteiger partial charge in [0.1, 0.15) is 30.3 Å². The summed E-state index contributed by atoms with van der Waals surface area (Å²) in [4.78, 5) is 16.3. The molecule has 0 amide bonds. The minimum absolute atomic E-state index is 0.130. The van der Waals surface area contributed by atoms with Gasteiger partial charge in [0, 0.05) is 6.54 Å². The van der Waals surface area contributed by atoms with E-state index in [-0.39, 0.29) is 11.6 Å². The summed E-state index contributed by atoms with van der Waals surface area (Å²) in [6.45, 7) is 0.0457. The molecular formula is C17H19FN4O6. The Kier molecular flexibility index (Phi) is 4.89. The number of anilines is 2. The van der Waals surface area contributed by atoms with Crippen molar-refractivity contribution < 1.29 is 28.8 Å². The molecule has 2 unspecified atom stereocenters. The molecule has 1 aromatic heterocycles. The standard InChI is InChI=1S/C17H19FN4O6/c18-12-14(24)11(7-23)28-16(12)22-6-10-15(21-17(22)25)20-13-8(26-5-4-19)2-1-3-9(13)27-10/h1-3,6,11-12,14,16,23-24H,4-5,7,19H2,(H,20,21,25)/t11-,12?,14?,16-/m1/s1. The molecule has 3 heterocycles. The minimum Gasteiger partial charge on any atom is -0.490 e. The molecule has 1 aromatic carbocycles. The summed E-state index contributed by atoms with van der Waals surface area (Å²) in [5, 5.41) is 21.9. The first-order valence-electron chi connectivity index (χ1n) is 8.66. The van der Waals surface area contributed by atoms with E-state index in [9.17, 15) is 14.3 Å². The predicted molar refractivity (Wildman–Crippen MR) is 94.7 cm³/mol. The molecule has 0 saturated carbocycles. The Labute approximate surface area is 158 Å². The largest absolute Gasteiger partial charge is 0.490 e. The zero-order valence-electron chi connectivity index (χ0n) is 14.6. The summed E-state index contributed by atoms with van der Waals surface area (Å²) in [5.74, 6) is 1.20. The number of aliphatic hydroxyl groups is 2. The number of hydrogen-bond donors (Lipinski definition) is 4. The quantitative estimate of drug-likeness (QED) is 0.471. The molecule has 4 rings (SSSR count).